The van der Waals surface area contributed by atoms with Crippen molar-refractivity contribution in [2.45, 2.75) is 63.2 Å². The van der Waals surface area contributed by atoms with Crippen LogP contribution < -0.4 is 5.32 Å². The standard InChI is InChI=1S/C18H29N3O6/c1-4-13(20(2)10-23)16(24)19-15-11(9-22)5-6-12-7-8-14(18(26)27-3)21(12)17(15)25/h10-15,22H,4-9H2,1-3H3,(H,19,24)/t11?,12?,13-,14?,15?/m0/s1. The number of fused-ring (bicyclic) bond motifs is 1. The summed E-state index contributed by atoms with van der Waals surface area (Å²) in [6, 6.07) is -2.41. The molecule has 0 aromatic rings. The first kappa shape index (κ1) is 21.1. The lowest BCUT2D eigenvalue weighted by molar-refractivity contribution is -0.153. The Morgan fingerprint density at radius 3 is 2.59 bits per heavy atom. The van der Waals surface area contributed by atoms with Crippen molar-refractivity contribution < 1.29 is 29.0 Å². The highest BCUT2D eigenvalue weighted by Gasteiger charge is 2.48. The molecule has 2 N–H and O–H groups in total. The number of likely N-dealkylation sites (N-methyl/N-ethyl adjacent to an activating group) is 1. The van der Waals surface area contributed by atoms with E-state index in [4.69, 9.17) is 4.74 Å². The Hall–Kier alpha value is -2.16. The molecule has 4 unspecified atom stereocenters. The maximum Gasteiger partial charge on any atom is 0.328 e. The molecule has 9 nitrogen and oxygen atoms in total. The van der Waals surface area contributed by atoms with E-state index in [0.29, 0.717) is 38.5 Å². The number of aliphatic hydroxyl groups excluding tert-OH is 1. The van der Waals surface area contributed by atoms with Gasteiger partial charge in [-0.15, -0.1) is 0 Å². The lowest BCUT2D eigenvalue weighted by atomic mass is 9.93. The number of nitrogens with one attached hydrogen (secondary N) is 1. The molecule has 9 heteroatoms. The van der Waals surface area contributed by atoms with Gasteiger partial charge in [0.2, 0.25) is 18.2 Å². The minimum Gasteiger partial charge on any atom is -0.467 e. The topological polar surface area (TPSA) is 116 Å². The van der Waals surface area contributed by atoms with Gasteiger partial charge in [-0.2, -0.15) is 0 Å². The monoisotopic (exact) mass is 383 g/mol. The van der Waals surface area contributed by atoms with Crippen molar-refractivity contribution >= 4 is 24.2 Å². The highest BCUT2D eigenvalue weighted by molar-refractivity contribution is 5.93. The van der Waals surface area contributed by atoms with Crippen LogP contribution in [0.25, 0.3) is 0 Å². The fourth-order valence-electron chi connectivity index (χ4n) is 4.16. The first-order chi connectivity index (χ1) is 12.9. The Kier molecular flexibility index (Phi) is 7.18. The molecule has 152 valence electrons. The maximum absolute atomic E-state index is 13.2. The Morgan fingerprint density at radius 2 is 2.04 bits per heavy atom. The van der Waals surface area contributed by atoms with E-state index in [-0.39, 0.29) is 18.6 Å². The molecule has 0 spiro atoms. The minimum absolute atomic E-state index is 0.0998. The predicted octanol–water partition coefficient (Wildman–Crippen LogP) is -0.727. The lowest BCUT2D eigenvalue weighted by Gasteiger charge is -2.32. The zero-order valence-electron chi connectivity index (χ0n) is 16.1. The van der Waals surface area contributed by atoms with Gasteiger partial charge in [0.05, 0.1) is 7.11 Å². The molecule has 2 rings (SSSR count). The van der Waals surface area contributed by atoms with Crippen molar-refractivity contribution in [2.75, 3.05) is 20.8 Å². The average molecular weight is 383 g/mol. The first-order valence-corrected chi connectivity index (χ1v) is 9.37. The summed E-state index contributed by atoms with van der Waals surface area (Å²) in [6.45, 7) is 1.52. The van der Waals surface area contributed by atoms with Crippen LogP contribution in [-0.2, 0) is 23.9 Å². The summed E-state index contributed by atoms with van der Waals surface area (Å²) < 4.78 is 4.83. The second-order valence-corrected chi connectivity index (χ2v) is 7.22. The Bertz CT molecular complexity index is 583. The van der Waals surface area contributed by atoms with Crippen molar-refractivity contribution in [3.8, 4) is 0 Å². The molecule has 0 saturated carbocycles. The molecular formula is C18H29N3O6. The molecule has 2 saturated heterocycles. The van der Waals surface area contributed by atoms with Gasteiger partial charge < -0.3 is 25.0 Å². The van der Waals surface area contributed by atoms with Crippen molar-refractivity contribution in [1.82, 2.24) is 15.1 Å². The normalized spacial score (nSPS) is 28.7. The number of nitrogens with zero attached hydrogens (tertiary/aromatic N) is 2. The van der Waals surface area contributed by atoms with Crippen molar-refractivity contribution in [3.63, 3.8) is 0 Å². The highest BCUT2D eigenvalue weighted by atomic mass is 16.5. The largest absolute Gasteiger partial charge is 0.467 e. The number of methoxy groups -OCH3 is 1. The van der Waals surface area contributed by atoms with Crippen LogP contribution >= 0.6 is 0 Å². The van der Waals surface area contributed by atoms with Gasteiger partial charge in [0.1, 0.15) is 18.1 Å². The first-order valence-electron chi connectivity index (χ1n) is 9.37. The average Bonchev–Trinajstić information content (AvgIpc) is 3.05. The summed E-state index contributed by atoms with van der Waals surface area (Å²) in [5.41, 5.74) is 0. The van der Waals surface area contributed by atoms with Crippen LogP contribution in [0.2, 0.25) is 0 Å². The van der Waals surface area contributed by atoms with Crippen LogP contribution in [0.15, 0.2) is 0 Å². The van der Waals surface area contributed by atoms with Gasteiger partial charge >= 0.3 is 5.97 Å². The van der Waals surface area contributed by atoms with E-state index in [9.17, 15) is 24.3 Å². The number of rotatable bonds is 7. The zero-order chi connectivity index (χ0) is 20.1. The Morgan fingerprint density at radius 1 is 1.37 bits per heavy atom. The van der Waals surface area contributed by atoms with Crippen molar-refractivity contribution in [2.24, 2.45) is 5.92 Å². The van der Waals surface area contributed by atoms with Crippen LogP contribution in [-0.4, -0.2) is 84.0 Å². The fourth-order valence-corrected chi connectivity index (χ4v) is 4.16. The number of hydrogen-bond donors (Lipinski definition) is 2. The maximum atomic E-state index is 13.2. The smallest absolute Gasteiger partial charge is 0.328 e. The quantitative estimate of drug-likeness (QED) is 0.442. The van der Waals surface area contributed by atoms with Crippen molar-refractivity contribution in [1.29, 1.82) is 0 Å². The van der Waals surface area contributed by atoms with Gasteiger partial charge in [-0.25, -0.2) is 4.79 Å². The SMILES string of the molecule is CC[C@@H](C(=O)NC1C(=O)N2C(CCC1CO)CCC2C(=O)OC)N(C)C=O. The fraction of sp³-hybridized carbons (Fsp3) is 0.778. The lowest BCUT2D eigenvalue weighted by Crippen LogP contribution is -2.58. The van der Waals surface area contributed by atoms with E-state index in [1.807, 2.05) is 0 Å². The van der Waals surface area contributed by atoms with Crippen LogP contribution in [0.5, 0.6) is 0 Å². The third-order valence-corrected chi connectivity index (χ3v) is 5.72. The third kappa shape index (κ3) is 4.23. The molecule has 0 radical (unpaired) electrons. The van der Waals surface area contributed by atoms with E-state index < -0.39 is 35.9 Å². The number of amides is 3. The number of hydrogen-bond acceptors (Lipinski definition) is 6. The Labute approximate surface area is 159 Å². The Balaban J connectivity index is 2.26. The van der Waals surface area contributed by atoms with Crippen LogP contribution in [0.4, 0.5) is 0 Å². The number of carbonyl (C=O) groups is 4. The summed E-state index contributed by atoms with van der Waals surface area (Å²) in [5, 5.41) is 12.5. The van der Waals surface area contributed by atoms with E-state index >= 15 is 0 Å². The molecule has 2 heterocycles. The van der Waals surface area contributed by atoms with Gasteiger partial charge in [0.15, 0.2) is 0 Å². The minimum atomic E-state index is -0.938. The predicted molar refractivity (Wildman–Crippen MR) is 95.3 cm³/mol. The third-order valence-electron chi connectivity index (χ3n) is 5.72. The van der Waals surface area contributed by atoms with Gasteiger partial charge in [0.25, 0.3) is 0 Å². The molecule has 0 bridgehead atoms. The number of aliphatic hydroxyl groups is 1. The van der Waals surface area contributed by atoms with E-state index in [1.165, 1.54) is 24.0 Å². The number of ether oxygens (including phenoxy) is 1. The molecule has 2 aliphatic heterocycles. The summed E-state index contributed by atoms with van der Waals surface area (Å²) in [6.07, 6.45) is 3.39. The second kappa shape index (κ2) is 9.16. The molecule has 0 aliphatic carbocycles. The van der Waals surface area contributed by atoms with Crippen LogP contribution in [0.3, 0.4) is 0 Å². The van der Waals surface area contributed by atoms with Gasteiger partial charge in [-0.3, -0.25) is 14.4 Å². The number of carbonyl (C=O) groups excluding carboxylic acids is 4. The van der Waals surface area contributed by atoms with E-state index in [2.05, 4.69) is 5.32 Å². The van der Waals surface area contributed by atoms with E-state index in [0.717, 1.165) is 0 Å². The van der Waals surface area contributed by atoms with Crippen molar-refractivity contribution in [3.05, 3.63) is 0 Å². The summed E-state index contributed by atoms with van der Waals surface area (Å²) in [5.74, 6) is -1.73. The molecule has 3 amide bonds. The molecule has 2 aliphatic rings. The van der Waals surface area contributed by atoms with Crippen LogP contribution in [0.1, 0.15) is 39.0 Å². The second-order valence-electron chi connectivity index (χ2n) is 7.22. The zero-order valence-corrected chi connectivity index (χ0v) is 16.1. The highest BCUT2D eigenvalue weighted by Crippen LogP contribution is 2.34. The summed E-state index contributed by atoms with van der Waals surface area (Å²) >= 11 is 0. The van der Waals surface area contributed by atoms with Gasteiger partial charge in [0, 0.05) is 25.6 Å². The molecule has 5 atom stereocenters. The van der Waals surface area contributed by atoms with Gasteiger partial charge in [-0.1, -0.05) is 6.92 Å². The van der Waals surface area contributed by atoms with E-state index in [1.54, 1.807) is 6.92 Å². The molecule has 0 aromatic heterocycles. The molecule has 2 fully saturated rings. The van der Waals surface area contributed by atoms with Crippen LogP contribution in [0, 0.1) is 5.92 Å². The molecule has 0 aromatic carbocycles. The summed E-state index contributed by atoms with van der Waals surface area (Å²) in [7, 11) is 2.79. The molecular weight excluding hydrogens is 354 g/mol. The van der Waals surface area contributed by atoms with Gasteiger partial charge in [-0.05, 0) is 32.1 Å². The summed E-state index contributed by atoms with van der Waals surface area (Å²) in [4.78, 5) is 51.8. The number of esters is 1. The molecule has 27 heavy (non-hydrogen) atoms.